The van der Waals surface area contributed by atoms with Crippen molar-refractivity contribution in [1.29, 1.82) is 0 Å². The van der Waals surface area contributed by atoms with E-state index >= 15 is 0 Å². The van der Waals surface area contributed by atoms with Crippen LogP contribution in [0.4, 0.5) is 0 Å². The van der Waals surface area contributed by atoms with Crippen LogP contribution < -0.4 is 11.3 Å². The van der Waals surface area contributed by atoms with Crippen LogP contribution in [-0.4, -0.2) is 9.97 Å². The number of rotatable bonds is 4. The third-order valence-corrected chi connectivity index (χ3v) is 4.35. The lowest BCUT2D eigenvalue weighted by Gasteiger charge is -2.15. The Labute approximate surface area is 131 Å². The lowest BCUT2D eigenvalue weighted by Crippen LogP contribution is -2.30. The first-order valence-electron chi connectivity index (χ1n) is 6.42. The van der Waals surface area contributed by atoms with Crippen molar-refractivity contribution < 1.29 is 0 Å². The molecule has 0 aliphatic rings. The van der Waals surface area contributed by atoms with E-state index in [9.17, 15) is 0 Å². The Morgan fingerprint density at radius 3 is 2.65 bits per heavy atom. The van der Waals surface area contributed by atoms with Crippen molar-refractivity contribution in [2.24, 2.45) is 5.84 Å². The predicted molar refractivity (Wildman–Crippen MR) is 86.5 cm³/mol. The summed E-state index contributed by atoms with van der Waals surface area (Å²) in [5.41, 5.74) is 4.94. The van der Waals surface area contributed by atoms with Crippen LogP contribution in [0.2, 0.25) is 0 Å². The molecule has 0 bridgehead atoms. The monoisotopic (exact) mass is 354 g/mol. The Kier molecular flexibility index (Phi) is 4.90. The zero-order chi connectivity index (χ0) is 14.8. The molecule has 3 N–H and O–H groups in total. The average molecular weight is 355 g/mol. The fourth-order valence-electron chi connectivity index (χ4n) is 1.77. The molecule has 1 unspecified atom stereocenters. The van der Waals surface area contributed by atoms with Gasteiger partial charge in [-0.3, -0.25) is 16.3 Å². The van der Waals surface area contributed by atoms with E-state index in [-0.39, 0.29) is 11.5 Å². The Balaban J connectivity index is 2.14. The van der Waals surface area contributed by atoms with E-state index in [1.165, 1.54) is 0 Å². The molecule has 1 atom stereocenters. The number of halogens is 1. The molecule has 0 saturated carbocycles. The molecule has 0 aliphatic carbocycles. The van der Waals surface area contributed by atoms with Crippen LogP contribution in [-0.2, 0) is 11.8 Å². The predicted octanol–water partition coefficient (Wildman–Crippen LogP) is 3.35. The molecule has 4 nitrogen and oxygen atoms in total. The summed E-state index contributed by atoms with van der Waals surface area (Å²) in [7, 11) is 0. The number of thiazole rings is 1. The highest BCUT2D eigenvalue weighted by Crippen LogP contribution is 2.26. The highest BCUT2D eigenvalue weighted by molar-refractivity contribution is 9.10. The van der Waals surface area contributed by atoms with Gasteiger partial charge >= 0.3 is 0 Å². The first-order chi connectivity index (χ1) is 9.40. The Hall–Kier alpha value is -0.820. The van der Waals surface area contributed by atoms with Crippen molar-refractivity contribution in [1.82, 2.24) is 15.4 Å². The molecule has 6 heteroatoms. The van der Waals surface area contributed by atoms with E-state index < -0.39 is 0 Å². The number of hydrogen-bond acceptors (Lipinski definition) is 5. The summed E-state index contributed by atoms with van der Waals surface area (Å²) >= 11 is 5.06. The summed E-state index contributed by atoms with van der Waals surface area (Å²) < 4.78 is 0.960. The largest absolute Gasteiger partial charge is 0.271 e. The molecule has 0 aliphatic heterocycles. The fraction of sp³-hybridized carbons (Fsp3) is 0.429. The number of aromatic nitrogens is 2. The number of pyridine rings is 1. The van der Waals surface area contributed by atoms with Gasteiger partial charge in [-0.25, -0.2) is 4.98 Å². The molecule has 0 aromatic carbocycles. The summed E-state index contributed by atoms with van der Waals surface area (Å²) in [6, 6.07) is 3.91. The van der Waals surface area contributed by atoms with Crippen molar-refractivity contribution >= 4 is 27.3 Å². The third-order valence-electron chi connectivity index (χ3n) is 3.01. The summed E-state index contributed by atoms with van der Waals surface area (Å²) in [6.07, 6.45) is 2.52. The van der Waals surface area contributed by atoms with E-state index in [1.807, 2.05) is 12.1 Å². The van der Waals surface area contributed by atoms with Gasteiger partial charge in [0.2, 0.25) is 0 Å². The van der Waals surface area contributed by atoms with E-state index in [4.69, 9.17) is 10.8 Å². The number of nitrogens with two attached hydrogens (primary N) is 1. The van der Waals surface area contributed by atoms with Gasteiger partial charge in [0.15, 0.2) is 0 Å². The third kappa shape index (κ3) is 3.85. The van der Waals surface area contributed by atoms with Crippen molar-refractivity contribution in [3.05, 3.63) is 44.6 Å². The lowest BCUT2D eigenvalue weighted by atomic mass is 9.93. The number of nitrogens with zero attached hydrogens (tertiary/aromatic N) is 2. The quantitative estimate of drug-likeness (QED) is 0.652. The van der Waals surface area contributed by atoms with Crippen molar-refractivity contribution in [3.63, 3.8) is 0 Å². The van der Waals surface area contributed by atoms with Gasteiger partial charge in [0.05, 0.1) is 22.4 Å². The Morgan fingerprint density at radius 1 is 1.40 bits per heavy atom. The SMILES string of the molecule is CC(C)(C)c1csc(CC(NN)c2ccc(Br)cn2)n1. The topological polar surface area (TPSA) is 63.8 Å². The molecule has 20 heavy (non-hydrogen) atoms. The van der Waals surface area contributed by atoms with E-state index in [1.54, 1.807) is 17.5 Å². The van der Waals surface area contributed by atoms with Crippen LogP contribution >= 0.6 is 27.3 Å². The minimum atomic E-state index is -0.0259. The maximum Gasteiger partial charge on any atom is 0.0948 e. The number of nitrogens with one attached hydrogen (secondary N) is 1. The summed E-state index contributed by atoms with van der Waals surface area (Å²) in [5, 5.41) is 3.19. The minimum Gasteiger partial charge on any atom is -0.271 e. The molecule has 2 rings (SSSR count). The first kappa shape index (κ1) is 15.6. The summed E-state index contributed by atoms with van der Waals surface area (Å²) in [6.45, 7) is 6.50. The molecule has 2 aromatic heterocycles. The maximum atomic E-state index is 5.66. The van der Waals surface area contributed by atoms with Gasteiger partial charge in [-0.15, -0.1) is 11.3 Å². The van der Waals surface area contributed by atoms with E-state index in [0.717, 1.165) is 27.3 Å². The average Bonchev–Trinajstić information content (AvgIpc) is 2.85. The summed E-state index contributed by atoms with van der Waals surface area (Å²) in [4.78, 5) is 9.09. The first-order valence-corrected chi connectivity index (χ1v) is 8.10. The van der Waals surface area contributed by atoms with E-state index in [0.29, 0.717) is 0 Å². The molecule has 108 valence electrons. The number of hydrogen-bond donors (Lipinski definition) is 2. The van der Waals surface area contributed by atoms with Crippen LogP contribution in [0.15, 0.2) is 28.2 Å². The minimum absolute atomic E-state index is 0.0259. The van der Waals surface area contributed by atoms with Crippen LogP contribution in [0, 0.1) is 0 Å². The highest BCUT2D eigenvalue weighted by Gasteiger charge is 2.19. The van der Waals surface area contributed by atoms with Gasteiger partial charge in [-0.05, 0) is 28.1 Å². The normalized spacial score (nSPS) is 13.4. The molecule has 0 amide bonds. The molecule has 0 saturated heterocycles. The maximum absolute atomic E-state index is 5.66. The fourth-order valence-corrected chi connectivity index (χ4v) is 3.07. The molecule has 2 aromatic rings. The van der Waals surface area contributed by atoms with Crippen molar-refractivity contribution in [2.45, 2.75) is 38.6 Å². The Morgan fingerprint density at radius 2 is 2.15 bits per heavy atom. The molecule has 0 fully saturated rings. The summed E-state index contributed by atoms with van der Waals surface area (Å²) in [5.74, 6) is 5.66. The van der Waals surface area contributed by atoms with Crippen molar-refractivity contribution in [3.8, 4) is 0 Å². The van der Waals surface area contributed by atoms with Gasteiger partial charge in [0.1, 0.15) is 0 Å². The molecule has 2 heterocycles. The molecule has 0 radical (unpaired) electrons. The van der Waals surface area contributed by atoms with E-state index in [2.05, 4.69) is 52.5 Å². The van der Waals surface area contributed by atoms with Crippen LogP contribution in [0.25, 0.3) is 0 Å². The number of hydrazine groups is 1. The van der Waals surface area contributed by atoms with Gasteiger partial charge in [0, 0.05) is 27.9 Å². The van der Waals surface area contributed by atoms with Gasteiger partial charge in [-0.2, -0.15) is 0 Å². The van der Waals surface area contributed by atoms with Crippen LogP contribution in [0.1, 0.15) is 43.2 Å². The second-order valence-electron chi connectivity index (χ2n) is 5.70. The van der Waals surface area contributed by atoms with Gasteiger partial charge < -0.3 is 0 Å². The zero-order valence-corrected chi connectivity index (χ0v) is 14.3. The molecule has 0 spiro atoms. The Bertz CT molecular complexity index is 559. The molecular formula is C14H19BrN4S. The standard InChI is InChI=1S/C14H19BrN4S/c1-14(2,3)12-8-20-13(18-12)6-11(19-16)10-5-4-9(15)7-17-10/h4-5,7-8,11,19H,6,16H2,1-3H3. The second-order valence-corrected chi connectivity index (χ2v) is 7.56. The van der Waals surface area contributed by atoms with Crippen molar-refractivity contribution in [2.75, 3.05) is 0 Å². The van der Waals surface area contributed by atoms with Gasteiger partial charge in [0.25, 0.3) is 0 Å². The molecular weight excluding hydrogens is 336 g/mol. The lowest BCUT2D eigenvalue weighted by molar-refractivity contribution is 0.530. The zero-order valence-electron chi connectivity index (χ0n) is 11.9. The van der Waals surface area contributed by atoms with Crippen LogP contribution in [0.5, 0.6) is 0 Å². The van der Waals surface area contributed by atoms with Gasteiger partial charge in [-0.1, -0.05) is 20.8 Å². The van der Waals surface area contributed by atoms with Crippen LogP contribution in [0.3, 0.4) is 0 Å². The smallest absolute Gasteiger partial charge is 0.0948 e. The highest BCUT2D eigenvalue weighted by atomic mass is 79.9. The second kappa shape index (κ2) is 6.30.